The third-order valence-electron chi connectivity index (χ3n) is 2.73. The van der Waals surface area contributed by atoms with E-state index in [4.69, 9.17) is 25.8 Å². The zero-order valence-electron chi connectivity index (χ0n) is 12.0. The van der Waals surface area contributed by atoms with Crippen molar-refractivity contribution < 1.29 is 19.0 Å². The second-order valence-corrected chi connectivity index (χ2v) is 5.56. The molecule has 116 valence electrons. The summed E-state index contributed by atoms with van der Waals surface area (Å²) in [6.07, 6.45) is 3.03. The molecule has 0 aliphatic rings. The third kappa shape index (κ3) is 3.99. The number of hydrogen-bond donors (Lipinski definition) is 0. The molecule has 1 aromatic carbocycles. The summed E-state index contributed by atoms with van der Waals surface area (Å²) in [6, 6.07) is 5.02. The van der Waals surface area contributed by atoms with Crippen LogP contribution in [0.25, 0.3) is 5.57 Å². The molecule has 0 N–H and O–H groups in total. The van der Waals surface area contributed by atoms with Gasteiger partial charge in [0.2, 0.25) is 0 Å². The SMILES string of the molecule is COC=C(C(=O)OC)c1cc(Cl)ccc1OCc1cncs1. The molecule has 0 aliphatic carbocycles. The van der Waals surface area contributed by atoms with Gasteiger partial charge in [0.1, 0.15) is 17.9 Å². The minimum absolute atomic E-state index is 0.229. The van der Waals surface area contributed by atoms with Crippen molar-refractivity contribution >= 4 is 34.5 Å². The van der Waals surface area contributed by atoms with E-state index in [9.17, 15) is 4.79 Å². The standard InChI is InChI=1S/C15H14ClNO4S/c1-19-8-13(15(18)20-2)12-5-10(16)3-4-14(12)21-7-11-6-17-9-22-11/h3-6,8-9H,7H2,1-2H3. The second-order valence-electron chi connectivity index (χ2n) is 4.16. The number of methoxy groups -OCH3 is 2. The molecular formula is C15H14ClNO4S. The summed E-state index contributed by atoms with van der Waals surface area (Å²) in [6.45, 7) is 0.348. The van der Waals surface area contributed by atoms with Crippen LogP contribution in [0.4, 0.5) is 0 Å². The van der Waals surface area contributed by atoms with E-state index in [1.165, 1.54) is 31.8 Å². The molecule has 0 spiro atoms. The van der Waals surface area contributed by atoms with Crippen LogP contribution in [0.2, 0.25) is 5.02 Å². The summed E-state index contributed by atoms with van der Waals surface area (Å²) in [5, 5.41) is 0.478. The lowest BCUT2D eigenvalue weighted by molar-refractivity contribution is -0.133. The van der Waals surface area contributed by atoms with Crippen molar-refractivity contribution in [1.82, 2.24) is 4.98 Å². The molecule has 22 heavy (non-hydrogen) atoms. The minimum Gasteiger partial charge on any atom is -0.503 e. The fourth-order valence-corrected chi connectivity index (χ4v) is 2.43. The molecule has 5 nitrogen and oxygen atoms in total. The van der Waals surface area contributed by atoms with Gasteiger partial charge in [-0.1, -0.05) is 11.6 Å². The summed E-state index contributed by atoms with van der Waals surface area (Å²) in [7, 11) is 2.75. The number of aromatic nitrogens is 1. The van der Waals surface area contributed by atoms with Gasteiger partial charge in [0, 0.05) is 16.8 Å². The average molecular weight is 340 g/mol. The van der Waals surface area contributed by atoms with Crippen LogP contribution in [0.1, 0.15) is 10.4 Å². The normalized spacial score (nSPS) is 11.1. The van der Waals surface area contributed by atoms with Crippen molar-refractivity contribution in [1.29, 1.82) is 0 Å². The van der Waals surface area contributed by atoms with E-state index in [2.05, 4.69) is 4.98 Å². The van der Waals surface area contributed by atoms with E-state index in [0.29, 0.717) is 22.9 Å². The number of carbonyl (C=O) groups excluding carboxylic acids is 1. The van der Waals surface area contributed by atoms with Gasteiger partial charge in [-0.25, -0.2) is 4.79 Å². The van der Waals surface area contributed by atoms with Crippen LogP contribution in [0.15, 0.2) is 36.2 Å². The fourth-order valence-electron chi connectivity index (χ4n) is 1.75. The Kier molecular flexibility index (Phi) is 5.80. The Morgan fingerprint density at radius 2 is 2.23 bits per heavy atom. The van der Waals surface area contributed by atoms with Crippen LogP contribution < -0.4 is 4.74 Å². The zero-order chi connectivity index (χ0) is 15.9. The Bertz CT molecular complexity index is 670. The van der Waals surface area contributed by atoms with E-state index >= 15 is 0 Å². The molecule has 0 saturated heterocycles. The second kappa shape index (κ2) is 7.82. The number of benzene rings is 1. The summed E-state index contributed by atoms with van der Waals surface area (Å²) >= 11 is 7.51. The number of hydrogen-bond acceptors (Lipinski definition) is 6. The smallest absolute Gasteiger partial charge is 0.341 e. The monoisotopic (exact) mass is 339 g/mol. The highest BCUT2D eigenvalue weighted by molar-refractivity contribution is 7.09. The van der Waals surface area contributed by atoms with E-state index in [1.54, 1.807) is 29.9 Å². The number of nitrogens with zero attached hydrogens (tertiary/aromatic N) is 1. The Morgan fingerprint density at radius 1 is 1.41 bits per heavy atom. The average Bonchev–Trinajstić information content (AvgIpc) is 3.04. The first-order valence-corrected chi connectivity index (χ1v) is 7.53. The molecule has 0 fully saturated rings. The largest absolute Gasteiger partial charge is 0.503 e. The van der Waals surface area contributed by atoms with E-state index in [-0.39, 0.29) is 5.57 Å². The van der Waals surface area contributed by atoms with Crippen molar-refractivity contribution in [2.45, 2.75) is 6.61 Å². The van der Waals surface area contributed by atoms with Gasteiger partial charge in [-0.3, -0.25) is 4.98 Å². The number of carbonyl (C=O) groups is 1. The van der Waals surface area contributed by atoms with E-state index < -0.39 is 5.97 Å². The lowest BCUT2D eigenvalue weighted by atomic mass is 10.1. The predicted molar refractivity (Wildman–Crippen MR) is 84.9 cm³/mol. The highest BCUT2D eigenvalue weighted by Crippen LogP contribution is 2.31. The zero-order valence-corrected chi connectivity index (χ0v) is 13.6. The van der Waals surface area contributed by atoms with Crippen molar-refractivity contribution in [2.75, 3.05) is 14.2 Å². The van der Waals surface area contributed by atoms with Gasteiger partial charge in [0.25, 0.3) is 0 Å². The Balaban J connectivity index is 2.33. The highest BCUT2D eigenvalue weighted by Gasteiger charge is 2.18. The van der Waals surface area contributed by atoms with Crippen LogP contribution in [-0.4, -0.2) is 25.2 Å². The van der Waals surface area contributed by atoms with Gasteiger partial charge in [0.15, 0.2) is 0 Å². The molecule has 2 rings (SSSR count). The van der Waals surface area contributed by atoms with Gasteiger partial charge in [-0.05, 0) is 18.2 Å². The lowest BCUT2D eigenvalue weighted by Gasteiger charge is -2.13. The van der Waals surface area contributed by atoms with Crippen molar-refractivity contribution in [2.24, 2.45) is 0 Å². The molecule has 0 atom stereocenters. The molecule has 0 radical (unpaired) electrons. The van der Waals surface area contributed by atoms with Crippen LogP contribution in [0.3, 0.4) is 0 Å². The number of thiazole rings is 1. The molecule has 0 saturated carbocycles. The number of esters is 1. The molecule has 1 heterocycles. The molecular weight excluding hydrogens is 326 g/mol. The summed E-state index contributed by atoms with van der Waals surface area (Å²) in [4.78, 5) is 16.9. The topological polar surface area (TPSA) is 57.7 Å². The highest BCUT2D eigenvalue weighted by atomic mass is 35.5. The van der Waals surface area contributed by atoms with Crippen LogP contribution in [0.5, 0.6) is 5.75 Å². The van der Waals surface area contributed by atoms with Crippen LogP contribution in [0, 0.1) is 0 Å². The third-order valence-corrected chi connectivity index (χ3v) is 3.71. The minimum atomic E-state index is -0.535. The molecule has 0 unspecified atom stereocenters. The molecule has 1 aromatic heterocycles. The summed E-state index contributed by atoms with van der Waals surface area (Å²) in [5.41, 5.74) is 2.46. The number of halogens is 1. The van der Waals surface area contributed by atoms with Crippen molar-refractivity contribution in [3.05, 3.63) is 51.6 Å². The molecule has 0 amide bonds. The first-order valence-electron chi connectivity index (χ1n) is 6.27. The van der Waals surface area contributed by atoms with E-state index in [1.807, 2.05) is 0 Å². The first-order chi connectivity index (χ1) is 10.7. The maximum absolute atomic E-state index is 11.9. The fraction of sp³-hybridized carbons (Fsp3) is 0.200. The maximum atomic E-state index is 11.9. The molecule has 2 aromatic rings. The predicted octanol–water partition coefficient (Wildman–Crippen LogP) is 3.54. The summed E-state index contributed by atoms with van der Waals surface area (Å²) in [5.74, 6) is -0.0294. The Morgan fingerprint density at radius 3 is 2.86 bits per heavy atom. The van der Waals surface area contributed by atoms with Gasteiger partial charge in [0.05, 0.1) is 30.9 Å². The lowest BCUT2D eigenvalue weighted by Crippen LogP contribution is -2.07. The van der Waals surface area contributed by atoms with Crippen molar-refractivity contribution in [3.63, 3.8) is 0 Å². The van der Waals surface area contributed by atoms with Gasteiger partial charge < -0.3 is 14.2 Å². The molecule has 7 heteroatoms. The van der Waals surface area contributed by atoms with Crippen LogP contribution >= 0.6 is 22.9 Å². The van der Waals surface area contributed by atoms with Gasteiger partial charge in [-0.2, -0.15) is 0 Å². The Hall–Kier alpha value is -2.05. The first kappa shape index (κ1) is 16.3. The van der Waals surface area contributed by atoms with Crippen molar-refractivity contribution in [3.8, 4) is 5.75 Å². The van der Waals surface area contributed by atoms with Gasteiger partial charge in [-0.15, -0.1) is 11.3 Å². The van der Waals surface area contributed by atoms with E-state index in [0.717, 1.165) is 4.88 Å². The quantitative estimate of drug-likeness (QED) is 0.458. The Labute approximate surface area is 137 Å². The van der Waals surface area contributed by atoms with Crippen LogP contribution in [-0.2, 0) is 20.9 Å². The molecule has 0 aliphatic heterocycles. The maximum Gasteiger partial charge on any atom is 0.341 e. The number of ether oxygens (including phenoxy) is 3. The molecule has 0 bridgehead atoms. The summed E-state index contributed by atoms with van der Waals surface area (Å²) < 4.78 is 15.5. The van der Waals surface area contributed by atoms with Gasteiger partial charge >= 0.3 is 5.97 Å². The number of rotatable bonds is 6.